The Morgan fingerprint density at radius 1 is 1.00 bits per heavy atom. The number of benzene rings is 2. The van der Waals surface area contributed by atoms with Crippen LogP contribution in [0, 0.1) is 11.8 Å². The Balaban J connectivity index is 1.27. The van der Waals surface area contributed by atoms with E-state index in [0.717, 1.165) is 16.7 Å². The van der Waals surface area contributed by atoms with Gasteiger partial charge in [-0.2, -0.15) is 0 Å². The van der Waals surface area contributed by atoms with Crippen LogP contribution >= 0.6 is 0 Å². The quantitative estimate of drug-likeness (QED) is 0.192. The van der Waals surface area contributed by atoms with Crippen molar-refractivity contribution in [2.75, 3.05) is 13.2 Å². The van der Waals surface area contributed by atoms with Crippen LogP contribution in [0.2, 0.25) is 0 Å². The van der Waals surface area contributed by atoms with Crippen LogP contribution in [-0.4, -0.2) is 85.6 Å². The Bertz CT molecular complexity index is 1700. The number of hydrogen-bond donors (Lipinski definition) is 8. The number of nitrogens with one attached hydrogen (secondary N) is 1. The van der Waals surface area contributed by atoms with E-state index in [9.17, 15) is 40.2 Å². The van der Waals surface area contributed by atoms with E-state index in [4.69, 9.17) is 15.2 Å². The van der Waals surface area contributed by atoms with Gasteiger partial charge in [0.05, 0.1) is 36.4 Å². The standard InChI is InChI=1S/C35H38N2O10/c36-27-15-18(8-10-37-27)7-9-35(45)32(43)26(17-39)47-34(33(35)44)46-25-6-2-5-22-29(25)31(42)28-23(30(22)41)13-21(14-24(28)40)12-19-3-1-4-20(11-19)16-38/h1-6,8,11,13-15,23,26,28,32-34,37-40,43-45H,7,9-10,12,16-17,36H2. The van der Waals surface area contributed by atoms with E-state index in [2.05, 4.69) is 5.32 Å². The van der Waals surface area contributed by atoms with Gasteiger partial charge in [0, 0.05) is 12.1 Å². The Labute approximate surface area is 270 Å². The molecule has 0 spiro atoms. The highest BCUT2D eigenvalue weighted by atomic mass is 16.7. The van der Waals surface area contributed by atoms with E-state index in [1.54, 1.807) is 24.3 Å². The smallest absolute Gasteiger partial charge is 0.229 e. The largest absolute Gasteiger partial charge is 0.511 e. The molecule has 2 aromatic carbocycles. The fourth-order valence-corrected chi connectivity index (χ4v) is 6.81. The molecule has 0 saturated carbocycles. The number of ketones is 2. The van der Waals surface area contributed by atoms with Gasteiger partial charge in [-0.15, -0.1) is 0 Å². The van der Waals surface area contributed by atoms with Crippen molar-refractivity contribution >= 4 is 11.6 Å². The molecule has 2 aliphatic carbocycles. The second kappa shape index (κ2) is 13.1. The van der Waals surface area contributed by atoms with E-state index < -0.39 is 60.2 Å². The Morgan fingerprint density at radius 2 is 1.77 bits per heavy atom. The number of hydrogen-bond acceptors (Lipinski definition) is 12. The molecule has 2 aliphatic heterocycles. The summed E-state index contributed by atoms with van der Waals surface area (Å²) >= 11 is 0. The second-order valence-electron chi connectivity index (χ2n) is 12.4. The van der Waals surface area contributed by atoms with Crippen molar-refractivity contribution in [3.63, 3.8) is 0 Å². The van der Waals surface area contributed by atoms with Gasteiger partial charge in [0.2, 0.25) is 6.29 Å². The molecule has 0 radical (unpaired) electrons. The van der Waals surface area contributed by atoms with Gasteiger partial charge in [-0.05, 0) is 59.8 Å². The maximum atomic E-state index is 14.0. The Morgan fingerprint density at radius 3 is 2.51 bits per heavy atom. The molecule has 1 saturated heterocycles. The summed E-state index contributed by atoms with van der Waals surface area (Å²) in [5.41, 5.74) is 6.59. The first-order valence-electron chi connectivity index (χ1n) is 15.5. The van der Waals surface area contributed by atoms with Crippen molar-refractivity contribution in [1.29, 1.82) is 0 Å². The van der Waals surface area contributed by atoms with Gasteiger partial charge in [0.1, 0.15) is 35.4 Å². The lowest BCUT2D eigenvalue weighted by Gasteiger charge is -2.48. The van der Waals surface area contributed by atoms with E-state index in [1.165, 1.54) is 24.3 Å². The summed E-state index contributed by atoms with van der Waals surface area (Å²) in [6.07, 6.45) is 0.614. The fraction of sp³-hybridized carbons (Fsp3) is 0.371. The molecule has 4 aliphatic rings. The third-order valence-corrected chi connectivity index (χ3v) is 9.30. The van der Waals surface area contributed by atoms with Gasteiger partial charge < -0.3 is 51.2 Å². The minimum atomic E-state index is -2.19. The molecular weight excluding hydrogens is 608 g/mol. The van der Waals surface area contributed by atoms with Gasteiger partial charge in [-0.1, -0.05) is 48.6 Å². The maximum absolute atomic E-state index is 14.0. The first-order chi connectivity index (χ1) is 22.5. The monoisotopic (exact) mass is 646 g/mol. The molecule has 12 nitrogen and oxygen atoms in total. The van der Waals surface area contributed by atoms with Crippen LogP contribution in [-0.2, 0) is 17.8 Å². The molecule has 1 fully saturated rings. The van der Waals surface area contributed by atoms with Crippen LogP contribution in [0.15, 0.2) is 89.5 Å². The number of dihydropyridines is 1. The van der Waals surface area contributed by atoms with Crippen molar-refractivity contribution < 1.29 is 49.7 Å². The molecular formula is C35H38N2O10. The third kappa shape index (κ3) is 6.11. The first kappa shape index (κ1) is 32.6. The van der Waals surface area contributed by atoms with E-state index >= 15 is 0 Å². The average Bonchev–Trinajstić information content (AvgIpc) is 3.06. The number of allylic oxidation sites excluding steroid dienone is 6. The molecule has 6 rings (SSSR count). The zero-order valence-electron chi connectivity index (χ0n) is 25.5. The lowest BCUT2D eigenvalue weighted by atomic mass is 9.70. The zero-order chi connectivity index (χ0) is 33.5. The number of fused-ring (bicyclic) bond motifs is 2. The molecule has 2 heterocycles. The van der Waals surface area contributed by atoms with Crippen molar-refractivity contribution in [1.82, 2.24) is 5.32 Å². The highest BCUT2D eigenvalue weighted by Crippen LogP contribution is 2.43. The molecule has 248 valence electrons. The first-order valence-corrected chi connectivity index (χ1v) is 15.5. The molecule has 9 N–H and O–H groups in total. The summed E-state index contributed by atoms with van der Waals surface area (Å²) < 4.78 is 11.7. The lowest BCUT2D eigenvalue weighted by Crippen LogP contribution is -2.68. The van der Waals surface area contributed by atoms with Gasteiger partial charge in [0.15, 0.2) is 11.6 Å². The molecule has 0 amide bonds. The molecule has 0 bridgehead atoms. The van der Waals surface area contributed by atoms with E-state index in [1.807, 2.05) is 18.2 Å². The third-order valence-electron chi connectivity index (χ3n) is 9.30. The van der Waals surface area contributed by atoms with Gasteiger partial charge in [-0.25, -0.2) is 0 Å². The molecule has 47 heavy (non-hydrogen) atoms. The predicted molar refractivity (Wildman–Crippen MR) is 168 cm³/mol. The van der Waals surface area contributed by atoms with Crippen molar-refractivity contribution in [3.05, 3.63) is 112 Å². The van der Waals surface area contributed by atoms with Crippen LogP contribution in [0.25, 0.3) is 0 Å². The second-order valence-corrected chi connectivity index (χ2v) is 12.4. The van der Waals surface area contributed by atoms with Gasteiger partial charge in [0.25, 0.3) is 0 Å². The number of aliphatic hydroxyl groups is 6. The van der Waals surface area contributed by atoms with Crippen LogP contribution in [0.4, 0.5) is 0 Å². The van der Waals surface area contributed by atoms with Crippen LogP contribution in [0.3, 0.4) is 0 Å². The number of nitrogens with two attached hydrogens (primary N) is 1. The predicted octanol–water partition coefficient (Wildman–Crippen LogP) is 1.07. The molecule has 7 atom stereocenters. The normalized spacial score (nSPS) is 30.2. The molecule has 0 aromatic heterocycles. The summed E-state index contributed by atoms with van der Waals surface area (Å²) in [6, 6.07) is 11.7. The molecule has 7 unspecified atom stereocenters. The number of ether oxygens (including phenoxy) is 2. The van der Waals surface area contributed by atoms with Gasteiger partial charge in [-0.3, -0.25) is 9.59 Å². The van der Waals surface area contributed by atoms with Crippen LogP contribution in [0.5, 0.6) is 5.75 Å². The number of carbonyl (C=O) groups is 2. The SMILES string of the molecule is NC1=CC(CCC2(O)C(O)C(CO)OC(Oc3cccc4c3C(=O)C3C(O)=CC(Cc5cccc(CO)c5)=CC3C4=O)C2O)=CCN1. The summed E-state index contributed by atoms with van der Waals surface area (Å²) in [5, 5.41) is 67.3. The minimum Gasteiger partial charge on any atom is -0.511 e. The lowest BCUT2D eigenvalue weighted by molar-refractivity contribution is -0.315. The molecule has 12 heteroatoms. The summed E-state index contributed by atoms with van der Waals surface area (Å²) in [7, 11) is 0. The summed E-state index contributed by atoms with van der Waals surface area (Å²) in [4.78, 5) is 27.8. The van der Waals surface area contributed by atoms with E-state index in [0.29, 0.717) is 24.4 Å². The van der Waals surface area contributed by atoms with Crippen molar-refractivity contribution in [2.24, 2.45) is 17.6 Å². The topological polar surface area (TPSA) is 212 Å². The number of rotatable bonds is 9. The highest BCUT2D eigenvalue weighted by Gasteiger charge is 2.56. The molecule has 2 aromatic rings. The Hall–Kier alpha value is -4.30. The number of carbonyl (C=O) groups excluding carboxylic acids is 2. The summed E-state index contributed by atoms with van der Waals surface area (Å²) in [6.45, 7) is -0.357. The number of aliphatic hydroxyl groups excluding tert-OH is 5. The number of Topliss-reactive ketones (excluding diaryl/α,β-unsaturated/α-hetero) is 2. The van der Waals surface area contributed by atoms with Crippen LogP contribution < -0.4 is 15.8 Å². The summed E-state index contributed by atoms with van der Waals surface area (Å²) in [5.74, 6) is -3.12. The maximum Gasteiger partial charge on any atom is 0.229 e. The van der Waals surface area contributed by atoms with Crippen LogP contribution in [0.1, 0.15) is 44.7 Å². The Kier molecular flexibility index (Phi) is 9.07. The fourth-order valence-electron chi connectivity index (χ4n) is 6.81. The zero-order valence-corrected chi connectivity index (χ0v) is 25.5. The van der Waals surface area contributed by atoms with Crippen molar-refractivity contribution in [2.45, 2.75) is 56.1 Å². The van der Waals surface area contributed by atoms with Gasteiger partial charge >= 0.3 is 0 Å². The highest BCUT2D eigenvalue weighted by molar-refractivity contribution is 6.19. The average molecular weight is 647 g/mol. The minimum absolute atomic E-state index is 0.0582. The van der Waals surface area contributed by atoms with Crippen molar-refractivity contribution in [3.8, 4) is 5.75 Å². The van der Waals surface area contributed by atoms with E-state index in [-0.39, 0.29) is 42.1 Å².